The highest BCUT2D eigenvalue weighted by Crippen LogP contribution is 2.39. The van der Waals surface area contributed by atoms with E-state index in [4.69, 9.17) is 4.74 Å². The van der Waals surface area contributed by atoms with Crippen molar-refractivity contribution in [3.8, 4) is 5.75 Å². The standard InChI is InChI=1S/C22H30N4O2/c1-24(2)19-8-11-22(12-9-19)17-25(16-18-6-3-4-7-20(18)28-22)21(27)10-15-26-14-5-13-23-26/h3-7,13-14,19H,8-12,15-17H2,1-2H3. The van der Waals surface area contributed by atoms with Gasteiger partial charge in [0.2, 0.25) is 5.91 Å². The topological polar surface area (TPSA) is 50.6 Å². The van der Waals surface area contributed by atoms with Gasteiger partial charge in [-0.2, -0.15) is 5.10 Å². The van der Waals surface area contributed by atoms with Crippen LogP contribution >= 0.6 is 0 Å². The number of nitrogens with zero attached hydrogens (tertiary/aromatic N) is 4. The molecular weight excluding hydrogens is 352 g/mol. The van der Waals surface area contributed by atoms with Crippen molar-refractivity contribution in [1.29, 1.82) is 0 Å². The number of aryl methyl sites for hydroxylation is 1. The molecule has 0 atom stereocenters. The fraction of sp³-hybridized carbons (Fsp3) is 0.545. The zero-order valence-electron chi connectivity index (χ0n) is 16.9. The van der Waals surface area contributed by atoms with Crippen molar-refractivity contribution in [2.75, 3.05) is 20.6 Å². The lowest BCUT2D eigenvalue weighted by Gasteiger charge is -2.43. The monoisotopic (exact) mass is 382 g/mol. The third-order valence-electron chi connectivity index (χ3n) is 6.20. The van der Waals surface area contributed by atoms with Gasteiger partial charge in [-0.3, -0.25) is 9.48 Å². The molecule has 1 aromatic heterocycles. The Kier molecular flexibility index (Phi) is 5.40. The van der Waals surface area contributed by atoms with Crippen molar-refractivity contribution < 1.29 is 9.53 Å². The number of carbonyl (C=O) groups is 1. The lowest BCUT2D eigenvalue weighted by molar-refractivity contribution is -0.135. The normalized spacial score (nSPS) is 24.7. The van der Waals surface area contributed by atoms with E-state index in [0.29, 0.717) is 32.1 Å². The Labute approximate surface area is 167 Å². The van der Waals surface area contributed by atoms with Gasteiger partial charge in [0.1, 0.15) is 11.4 Å². The minimum Gasteiger partial charge on any atom is -0.485 e. The van der Waals surface area contributed by atoms with Crippen LogP contribution < -0.4 is 4.74 Å². The van der Waals surface area contributed by atoms with E-state index in [0.717, 1.165) is 37.0 Å². The number of para-hydroxylation sites is 1. The fourth-order valence-electron chi connectivity index (χ4n) is 4.49. The Morgan fingerprint density at radius 3 is 2.75 bits per heavy atom. The first-order chi connectivity index (χ1) is 13.5. The highest BCUT2D eigenvalue weighted by molar-refractivity contribution is 5.76. The second kappa shape index (κ2) is 7.95. The number of fused-ring (bicyclic) bond motifs is 1. The summed E-state index contributed by atoms with van der Waals surface area (Å²) in [7, 11) is 4.30. The average molecular weight is 383 g/mol. The third kappa shape index (κ3) is 4.07. The first-order valence-electron chi connectivity index (χ1n) is 10.2. The van der Waals surface area contributed by atoms with Gasteiger partial charge in [0, 0.05) is 43.5 Å². The Balaban J connectivity index is 1.52. The molecule has 0 unspecified atom stereocenters. The minimum atomic E-state index is -0.277. The molecule has 1 aromatic carbocycles. The second-order valence-corrected chi connectivity index (χ2v) is 8.36. The Bertz CT molecular complexity index is 795. The summed E-state index contributed by atoms with van der Waals surface area (Å²) in [5, 5.41) is 4.21. The number of hydrogen-bond acceptors (Lipinski definition) is 4. The smallest absolute Gasteiger partial charge is 0.224 e. The summed E-state index contributed by atoms with van der Waals surface area (Å²) in [6, 6.07) is 10.7. The van der Waals surface area contributed by atoms with Crippen LogP contribution in [0.1, 0.15) is 37.7 Å². The Morgan fingerprint density at radius 1 is 1.25 bits per heavy atom. The van der Waals surface area contributed by atoms with E-state index < -0.39 is 0 Å². The van der Waals surface area contributed by atoms with E-state index >= 15 is 0 Å². The fourth-order valence-corrected chi connectivity index (χ4v) is 4.49. The molecule has 2 aromatic rings. The van der Waals surface area contributed by atoms with Crippen LogP contribution in [0, 0.1) is 0 Å². The summed E-state index contributed by atoms with van der Waals surface area (Å²) >= 11 is 0. The van der Waals surface area contributed by atoms with Crippen molar-refractivity contribution in [2.24, 2.45) is 0 Å². The molecule has 1 aliphatic carbocycles. The van der Waals surface area contributed by atoms with Gasteiger partial charge in [-0.25, -0.2) is 0 Å². The Hall–Kier alpha value is -2.34. The maximum Gasteiger partial charge on any atom is 0.224 e. The van der Waals surface area contributed by atoms with Crippen molar-refractivity contribution in [2.45, 2.75) is 56.8 Å². The van der Waals surface area contributed by atoms with Gasteiger partial charge in [0.15, 0.2) is 0 Å². The van der Waals surface area contributed by atoms with Crippen LogP contribution in [0.4, 0.5) is 0 Å². The summed E-state index contributed by atoms with van der Waals surface area (Å²) in [6.07, 6.45) is 8.27. The predicted octanol–water partition coefficient (Wildman–Crippen LogP) is 2.94. The number of carbonyl (C=O) groups excluding carboxylic acids is 1. The van der Waals surface area contributed by atoms with E-state index in [-0.39, 0.29) is 11.5 Å². The van der Waals surface area contributed by atoms with Crippen LogP contribution in [0.2, 0.25) is 0 Å². The Morgan fingerprint density at radius 2 is 2.04 bits per heavy atom. The molecule has 0 radical (unpaired) electrons. The molecule has 2 heterocycles. The molecule has 6 heteroatoms. The van der Waals surface area contributed by atoms with Crippen LogP contribution in [0.5, 0.6) is 5.75 Å². The molecule has 1 spiro atoms. The lowest BCUT2D eigenvalue weighted by atomic mass is 9.81. The summed E-state index contributed by atoms with van der Waals surface area (Å²) in [5.74, 6) is 1.11. The minimum absolute atomic E-state index is 0.171. The second-order valence-electron chi connectivity index (χ2n) is 8.36. The van der Waals surface area contributed by atoms with Crippen LogP contribution in [0.25, 0.3) is 0 Å². The van der Waals surface area contributed by atoms with Crippen LogP contribution in [-0.4, -0.2) is 57.8 Å². The van der Waals surface area contributed by atoms with Gasteiger partial charge in [-0.05, 0) is 51.9 Å². The molecule has 1 saturated carbocycles. The van der Waals surface area contributed by atoms with Crippen LogP contribution in [0.3, 0.4) is 0 Å². The van der Waals surface area contributed by atoms with Crippen molar-refractivity contribution in [1.82, 2.24) is 19.6 Å². The van der Waals surface area contributed by atoms with Gasteiger partial charge in [0.25, 0.3) is 0 Å². The van der Waals surface area contributed by atoms with Gasteiger partial charge in [-0.15, -0.1) is 0 Å². The van der Waals surface area contributed by atoms with Gasteiger partial charge >= 0.3 is 0 Å². The first-order valence-corrected chi connectivity index (χ1v) is 10.2. The van der Waals surface area contributed by atoms with E-state index in [2.05, 4.69) is 30.2 Å². The molecule has 0 N–H and O–H groups in total. The number of hydrogen-bond donors (Lipinski definition) is 0. The van der Waals surface area contributed by atoms with E-state index in [9.17, 15) is 4.79 Å². The van der Waals surface area contributed by atoms with Gasteiger partial charge < -0.3 is 14.5 Å². The molecule has 1 amide bonds. The van der Waals surface area contributed by atoms with Crippen molar-refractivity contribution in [3.63, 3.8) is 0 Å². The maximum atomic E-state index is 13.1. The quantitative estimate of drug-likeness (QED) is 0.816. The average Bonchev–Trinajstić information content (AvgIpc) is 3.15. The lowest BCUT2D eigenvalue weighted by Crippen LogP contribution is -2.51. The number of ether oxygens (including phenoxy) is 1. The number of aromatic nitrogens is 2. The molecular formula is C22H30N4O2. The molecule has 1 fully saturated rings. The molecule has 150 valence electrons. The predicted molar refractivity (Wildman–Crippen MR) is 108 cm³/mol. The van der Waals surface area contributed by atoms with Crippen molar-refractivity contribution >= 4 is 5.91 Å². The van der Waals surface area contributed by atoms with E-state index in [1.807, 2.05) is 40.0 Å². The summed E-state index contributed by atoms with van der Waals surface area (Å²) in [5.41, 5.74) is 0.821. The molecule has 28 heavy (non-hydrogen) atoms. The number of amides is 1. The first kappa shape index (κ1) is 19.0. The maximum absolute atomic E-state index is 13.1. The zero-order valence-corrected chi connectivity index (χ0v) is 16.9. The van der Waals surface area contributed by atoms with E-state index in [1.54, 1.807) is 6.20 Å². The molecule has 0 bridgehead atoms. The highest BCUT2D eigenvalue weighted by atomic mass is 16.5. The number of rotatable bonds is 4. The van der Waals surface area contributed by atoms with Gasteiger partial charge in [-0.1, -0.05) is 18.2 Å². The molecule has 2 aliphatic rings. The third-order valence-corrected chi connectivity index (χ3v) is 6.20. The van der Waals surface area contributed by atoms with Gasteiger partial charge in [0.05, 0.1) is 6.54 Å². The molecule has 1 aliphatic heterocycles. The molecule has 0 saturated heterocycles. The molecule has 4 rings (SSSR count). The van der Waals surface area contributed by atoms with Crippen LogP contribution in [-0.2, 0) is 17.9 Å². The molecule has 6 nitrogen and oxygen atoms in total. The number of benzene rings is 1. The van der Waals surface area contributed by atoms with E-state index in [1.165, 1.54) is 0 Å². The zero-order chi connectivity index (χ0) is 19.6. The summed E-state index contributed by atoms with van der Waals surface area (Å²) < 4.78 is 8.43. The SMILES string of the molecule is CN(C)C1CCC2(CC1)CN(C(=O)CCn1cccn1)Cc1ccccc1O2. The largest absolute Gasteiger partial charge is 0.485 e. The summed E-state index contributed by atoms with van der Waals surface area (Å²) in [4.78, 5) is 17.4. The van der Waals surface area contributed by atoms with Crippen LogP contribution in [0.15, 0.2) is 42.7 Å². The summed E-state index contributed by atoms with van der Waals surface area (Å²) in [6.45, 7) is 1.90. The highest BCUT2D eigenvalue weighted by Gasteiger charge is 2.42. The van der Waals surface area contributed by atoms with Crippen molar-refractivity contribution in [3.05, 3.63) is 48.3 Å².